The second-order valence-electron chi connectivity index (χ2n) is 2.77. The van der Waals surface area contributed by atoms with Crippen molar-refractivity contribution in [1.82, 2.24) is 0 Å². The Bertz CT molecular complexity index is 331. The van der Waals surface area contributed by atoms with Crippen molar-refractivity contribution in [3.05, 3.63) is 42.0 Å². The van der Waals surface area contributed by atoms with Crippen LogP contribution in [-0.4, -0.2) is 0 Å². The van der Waals surface area contributed by atoms with Gasteiger partial charge < -0.3 is 0 Å². The third-order valence-electron chi connectivity index (χ3n) is 1.75. The minimum Gasteiger partial charge on any atom is -0.198 e. The molecule has 0 fully saturated rings. The Kier molecular flexibility index (Phi) is 2.66. The fourth-order valence-electron chi connectivity index (χ4n) is 1.18. The zero-order valence-electron chi connectivity index (χ0n) is 7.17. The molecule has 0 amide bonds. The normalized spacial score (nSPS) is 9.00. The van der Waals surface area contributed by atoms with Crippen molar-refractivity contribution in [2.75, 3.05) is 0 Å². The molecular formula is C11H11N. The number of benzene rings is 1. The quantitative estimate of drug-likeness (QED) is 0.647. The van der Waals surface area contributed by atoms with Gasteiger partial charge in [0, 0.05) is 0 Å². The first kappa shape index (κ1) is 8.55. The maximum Gasteiger partial charge on any atom is 0.0669 e. The average Bonchev–Trinajstić information content (AvgIpc) is 2.05. The molecule has 1 aromatic rings. The standard InChI is InChI=1S/C11H11N/c1-9(2)11-6-4-3-5-10(11)7-8-12/h3-6H,1,7H2,2H3. The molecule has 0 radical (unpaired) electrons. The van der Waals surface area contributed by atoms with Crippen LogP contribution in [0.2, 0.25) is 0 Å². The van der Waals surface area contributed by atoms with Crippen LogP contribution < -0.4 is 0 Å². The summed E-state index contributed by atoms with van der Waals surface area (Å²) in [5, 5.41) is 8.55. The van der Waals surface area contributed by atoms with E-state index in [1.165, 1.54) is 0 Å². The number of allylic oxidation sites excluding steroid dienone is 1. The Labute approximate surface area is 73.0 Å². The number of hydrogen-bond acceptors (Lipinski definition) is 1. The summed E-state index contributed by atoms with van der Waals surface area (Å²) in [6, 6.07) is 10.0. The van der Waals surface area contributed by atoms with Gasteiger partial charge in [0.2, 0.25) is 0 Å². The van der Waals surface area contributed by atoms with Gasteiger partial charge in [0.25, 0.3) is 0 Å². The highest BCUT2D eigenvalue weighted by atomic mass is 14.2. The smallest absolute Gasteiger partial charge is 0.0669 e. The Balaban J connectivity index is 3.10. The van der Waals surface area contributed by atoms with Crippen molar-refractivity contribution in [2.24, 2.45) is 0 Å². The summed E-state index contributed by atoms with van der Waals surface area (Å²) in [5.74, 6) is 0. The molecular weight excluding hydrogens is 146 g/mol. The maximum absolute atomic E-state index is 8.55. The average molecular weight is 157 g/mol. The molecule has 1 aromatic carbocycles. The highest BCUT2D eigenvalue weighted by Crippen LogP contribution is 2.16. The van der Waals surface area contributed by atoms with E-state index in [2.05, 4.69) is 12.6 Å². The van der Waals surface area contributed by atoms with E-state index in [0.717, 1.165) is 16.7 Å². The van der Waals surface area contributed by atoms with Crippen LogP contribution in [0.3, 0.4) is 0 Å². The van der Waals surface area contributed by atoms with E-state index in [-0.39, 0.29) is 0 Å². The number of nitriles is 1. The molecule has 1 heteroatoms. The van der Waals surface area contributed by atoms with E-state index in [9.17, 15) is 0 Å². The summed E-state index contributed by atoms with van der Waals surface area (Å²) < 4.78 is 0. The van der Waals surface area contributed by atoms with E-state index in [0.29, 0.717) is 6.42 Å². The number of nitrogens with zero attached hydrogens (tertiary/aromatic N) is 1. The van der Waals surface area contributed by atoms with Crippen molar-refractivity contribution < 1.29 is 0 Å². The lowest BCUT2D eigenvalue weighted by atomic mass is 10.0. The molecule has 0 saturated heterocycles. The molecule has 0 N–H and O–H groups in total. The molecule has 1 nitrogen and oxygen atoms in total. The van der Waals surface area contributed by atoms with Crippen LogP contribution in [0, 0.1) is 11.3 Å². The van der Waals surface area contributed by atoms with E-state index in [1.807, 2.05) is 31.2 Å². The lowest BCUT2D eigenvalue weighted by Gasteiger charge is -2.04. The molecule has 0 heterocycles. The summed E-state index contributed by atoms with van der Waals surface area (Å²) in [5.41, 5.74) is 3.17. The van der Waals surface area contributed by atoms with Gasteiger partial charge in [-0.15, -0.1) is 0 Å². The molecule has 0 atom stereocenters. The fraction of sp³-hybridized carbons (Fsp3) is 0.182. The predicted octanol–water partition coefficient (Wildman–Crippen LogP) is 2.79. The highest BCUT2D eigenvalue weighted by Gasteiger charge is 1.99. The molecule has 1 rings (SSSR count). The third-order valence-corrected chi connectivity index (χ3v) is 1.75. The Morgan fingerprint density at radius 2 is 2.17 bits per heavy atom. The van der Waals surface area contributed by atoms with Crippen LogP contribution in [0.15, 0.2) is 30.8 Å². The maximum atomic E-state index is 8.55. The van der Waals surface area contributed by atoms with Gasteiger partial charge in [-0.1, -0.05) is 36.4 Å². The molecule has 0 aliphatic rings. The monoisotopic (exact) mass is 157 g/mol. The largest absolute Gasteiger partial charge is 0.198 e. The highest BCUT2D eigenvalue weighted by molar-refractivity contribution is 5.64. The first-order chi connectivity index (χ1) is 5.75. The van der Waals surface area contributed by atoms with Crippen molar-refractivity contribution in [2.45, 2.75) is 13.3 Å². The topological polar surface area (TPSA) is 23.8 Å². The van der Waals surface area contributed by atoms with Gasteiger partial charge in [-0.05, 0) is 18.1 Å². The van der Waals surface area contributed by atoms with Crippen LogP contribution in [0.5, 0.6) is 0 Å². The minimum atomic E-state index is 0.461. The number of hydrogen-bond donors (Lipinski definition) is 0. The van der Waals surface area contributed by atoms with Crippen molar-refractivity contribution in [3.8, 4) is 6.07 Å². The molecule has 0 aliphatic carbocycles. The van der Waals surface area contributed by atoms with Gasteiger partial charge in [-0.25, -0.2) is 0 Å². The predicted molar refractivity (Wildman–Crippen MR) is 50.5 cm³/mol. The Morgan fingerprint density at radius 3 is 2.75 bits per heavy atom. The van der Waals surface area contributed by atoms with Gasteiger partial charge in [-0.3, -0.25) is 0 Å². The first-order valence-electron chi connectivity index (χ1n) is 3.86. The minimum absolute atomic E-state index is 0.461. The van der Waals surface area contributed by atoms with Crippen LogP contribution in [0.1, 0.15) is 18.1 Å². The van der Waals surface area contributed by atoms with Gasteiger partial charge in [0.05, 0.1) is 12.5 Å². The first-order valence-corrected chi connectivity index (χ1v) is 3.86. The fourth-order valence-corrected chi connectivity index (χ4v) is 1.18. The Hall–Kier alpha value is -1.55. The SMILES string of the molecule is C=C(C)c1ccccc1CC#N. The summed E-state index contributed by atoms with van der Waals surface area (Å²) in [6.45, 7) is 5.81. The molecule has 0 bridgehead atoms. The molecule has 0 spiro atoms. The van der Waals surface area contributed by atoms with Crippen LogP contribution in [0.25, 0.3) is 5.57 Å². The third kappa shape index (κ3) is 1.73. The molecule has 0 aliphatic heterocycles. The number of rotatable bonds is 2. The van der Waals surface area contributed by atoms with Crippen molar-refractivity contribution in [3.63, 3.8) is 0 Å². The summed E-state index contributed by atoms with van der Waals surface area (Å²) in [7, 11) is 0. The van der Waals surface area contributed by atoms with Gasteiger partial charge >= 0.3 is 0 Å². The van der Waals surface area contributed by atoms with Gasteiger partial charge in [0.15, 0.2) is 0 Å². The Morgan fingerprint density at radius 1 is 1.50 bits per heavy atom. The van der Waals surface area contributed by atoms with Gasteiger partial charge in [-0.2, -0.15) is 5.26 Å². The van der Waals surface area contributed by atoms with Gasteiger partial charge in [0.1, 0.15) is 0 Å². The summed E-state index contributed by atoms with van der Waals surface area (Å²) in [6.07, 6.45) is 0.461. The van der Waals surface area contributed by atoms with E-state index in [4.69, 9.17) is 5.26 Å². The molecule has 12 heavy (non-hydrogen) atoms. The molecule has 60 valence electrons. The lowest BCUT2D eigenvalue weighted by Crippen LogP contribution is -1.88. The molecule has 0 saturated carbocycles. The van der Waals surface area contributed by atoms with Crippen LogP contribution in [0.4, 0.5) is 0 Å². The van der Waals surface area contributed by atoms with Crippen molar-refractivity contribution >= 4 is 5.57 Å². The zero-order chi connectivity index (χ0) is 8.97. The second-order valence-corrected chi connectivity index (χ2v) is 2.77. The molecule has 0 aromatic heterocycles. The van der Waals surface area contributed by atoms with E-state index >= 15 is 0 Å². The molecule has 0 unspecified atom stereocenters. The summed E-state index contributed by atoms with van der Waals surface area (Å²) in [4.78, 5) is 0. The lowest BCUT2D eigenvalue weighted by molar-refractivity contribution is 1.24. The van der Waals surface area contributed by atoms with E-state index < -0.39 is 0 Å². The zero-order valence-corrected chi connectivity index (χ0v) is 7.17. The van der Waals surface area contributed by atoms with Crippen LogP contribution in [-0.2, 0) is 6.42 Å². The van der Waals surface area contributed by atoms with Crippen LogP contribution >= 0.6 is 0 Å². The summed E-state index contributed by atoms with van der Waals surface area (Å²) >= 11 is 0. The van der Waals surface area contributed by atoms with Crippen molar-refractivity contribution in [1.29, 1.82) is 5.26 Å². The second kappa shape index (κ2) is 3.73. The van der Waals surface area contributed by atoms with E-state index in [1.54, 1.807) is 0 Å².